The summed E-state index contributed by atoms with van der Waals surface area (Å²) in [5, 5.41) is 7.51. The number of hydrogen-bond acceptors (Lipinski definition) is 3. The van der Waals surface area contributed by atoms with Gasteiger partial charge in [-0.25, -0.2) is 0 Å². The van der Waals surface area contributed by atoms with Crippen LogP contribution in [0.2, 0.25) is 0 Å². The molecule has 0 spiro atoms. The van der Waals surface area contributed by atoms with Crippen LogP contribution < -0.4 is 0 Å². The van der Waals surface area contributed by atoms with Crippen molar-refractivity contribution in [2.45, 2.75) is 0 Å². The highest BCUT2D eigenvalue weighted by atomic mass is 16.4. The van der Waals surface area contributed by atoms with Gasteiger partial charge in [-0.15, -0.1) is 13.2 Å². The number of aliphatic hydroxyl groups excluding tert-OH is 1. The summed E-state index contributed by atoms with van der Waals surface area (Å²) < 4.78 is 4.25. The van der Waals surface area contributed by atoms with Gasteiger partial charge in [-0.05, 0) is 0 Å². The minimum Gasteiger partial charge on any atom is -0.389 e. The Labute approximate surface area is 56.0 Å². The maximum absolute atomic E-state index is 8.92. The van der Waals surface area contributed by atoms with Gasteiger partial charge in [0.05, 0.1) is 6.61 Å². The number of methoxy groups -OCH3 is 1. The summed E-state index contributed by atoms with van der Waals surface area (Å²) in [6, 6.07) is 0. The highest BCUT2D eigenvalue weighted by Gasteiger charge is 1.53. The number of aldehydes is 1. The zero-order chi connectivity index (χ0) is 8.12. The second-order valence-corrected chi connectivity index (χ2v) is 0.757. The summed E-state index contributed by atoms with van der Waals surface area (Å²) in [4.78, 5) is 8.92. The molecule has 0 aliphatic heterocycles. The van der Waals surface area contributed by atoms with Gasteiger partial charge in [-0.1, -0.05) is 0 Å². The number of ether oxygens (including phenoxy) is 1. The minimum atomic E-state index is -0.361. The third-order valence-corrected chi connectivity index (χ3v) is 0.0745. The Morgan fingerprint density at radius 1 is 1.56 bits per heavy atom. The molecule has 0 saturated heterocycles. The van der Waals surface area contributed by atoms with Gasteiger partial charge in [0.2, 0.25) is 0 Å². The molecule has 1 N–H and O–H groups in total. The van der Waals surface area contributed by atoms with E-state index in [1.807, 2.05) is 0 Å². The van der Waals surface area contributed by atoms with Gasteiger partial charge in [0.1, 0.15) is 6.29 Å². The first-order valence-corrected chi connectivity index (χ1v) is 2.28. The molecule has 3 nitrogen and oxygen atoms in total. The van der Waals surface area contributed by atoms with Crippen molar-refractivity contribution in [1.29, 1.82) is 0 Å². The lowest BCUT2D eigenvalue weighted by Gasteiger charge is -1.61. The SMILES string of the molecule is C=C.COC.O=CCO. The monoisotopic (exact) mass is 134 g/mol. The van der Waals surface area contributed by atoms with E-state index in [4.69, 9.17) is 9.90 Å². The van der Waals surface area contributed by atoms with Crippen molar-refractivity contribution >= 4 is 6.29 Å². The highest BCUT2D eigenvalue weighted by molar-refractivity contribution is 5.49. The molecular formula is C6H14O3. The molecule has 0 aliphatic rings. The molecule has 0 rings (SSSR count). The fourth-order valence-electron chi connectivity index (χ4n) is 0. The van der Waals surface area contributed by atoms with Crippen LogP contribution in [0.3, 0.4) is 0 Å². The standard InChI is InChI=1S/C2H4O2.C2H6O.C2H4/c3-1-2-4;1-3-2;1-2/h1,4H,2H2;1-2H3;1-2H2. The molecule has 0 unspecified atom stereocenters. The molecule has 0 fully saturated rings. The summed E-state index contributed by atoms with van der Waals surface area (Å²) in [5.74, 6) is 0. The molecule has 0 atom stereocenters. The number of aliphatic hydroxyl groups is 1. The second-order valence-electron chi connectivity index (χ2n) is 0.757. The van der Waals surface area contributed by atoms with E-state index in [0.29, 0.717) is 6.29 Å². The molecule has 56 valence electrons. The number of carbonyl (C=O) groups excluding carboxylic acids is 1. The van der Waals surface area contributed by atoms with Crippen LogP contribution in [0.1, 0.15) is 0 Å². The van der Waals surface area contributed by atoms with E-state index in [1.54, 1.807) is 14.2 Å². The lowest BCUT2D eigenvalue weighted by atomic mass is 10.9. The van der Waals surface area contributed by atoms with Gasteiger partial charge in [0.25, 0.3) is 0 Å². The van der Waals surface area contributed by atoms with E-state index >= 15 is 0 Å². The smallest absolute Gasteiger partial charge is 0.145 e. The fraction of sp³-hybridized carbons (Fsp3) is 0.500. The average Bonchev–Trinajstić information content (AvgIpc) is 1.94. The summed E-state index contributed by atoms with van der Waals surface area (Å²) in [6.45, 7) is 5.64. The topological polar surface area (TPSA) is 46.5 Å². The van der Waals surface area contributed by atoms with Crippen molar-refractivity contribution in [3.63, 3.8) is 0 Å². The molecule has 0 saturated carbocycles. The van der Waals surface area contributed by atoms with Crippen LogP contribution in [-0.2, 0) is 9.53 Å². The molecule has 0 aromatic rings. The Bertz CT molecular complexity index is 37.3. The van der Waals surface area contributed by atoms with E-state index in [1.165, 1.54) is 0 Å². The molecule has 0 aromatic carbocycles. The summed E-state index contributed by atoms with van der Waals surface area (Å²) in [7, 11) is 3.25. The van der Waals surface area contributed by atoms with Gasteiger partial charge < -0.3 is 14.6 Å². The van der Waals surface area contributed by atoms with Crippen molar-refractivity contribution in [3.05, 3.63) is 13.2 Å². The molecule has 0 aromatic heterocycles. The van der Waals surface area contributed by atoms with Crippen molar-refractivity contribution < 1.29 is 14.6 Å². The van der Waals surface area contributed by atoms with Crippen LogP contribution >= 0.6 is 0 Å². The maximum Gasteiger partial charge on any atom is 0.145 e. The zero-order valence-electron chi connectivity index (χ0n) is 5.96. The first-order chi connectivity index (χ1) is 4.33. The Morgan fingerprint density at radius 2 is 1.67 bits per heavy atom. The third kappa shape index (κ3) is 1910. The second kappa shape index (κ2) is 54.1. The van der Waals surface area contributed by atoms with Crippen LogP contribution in [0.5, 0.6) is 0 Å². The van der Waals surface area contributed by atoms with Gasteiger partial charge in [0, 0.05) is 14.2 Å². The maximum atomic E-state index is 8.92. The van der Waals surface area contributed by atoms with Gasteiger partial charge in [0.15, 0.2) is 0 Å². The molecule has 0 heterocycles. The fourth-order valence-corrected chi connectivity index (χ4v) is 0. The van der Waals surface area contributed by atoms with Crippen LogP contribution in [0, 0.1) is 0 Å². The lowest BCUT2D eigenvalue weighted by molar-refractivity contribution is -0.110. The first-order valence-electron chi connectivity index (χ1n) is 2.28. The predicted octanol–water partition coefficient (Wildman–Crippen LogP) is 0.242. The molecule has 0 amide bonds. The minimum absolute atomic E-state index is 0.361. The van der Waals surface area contributed by atoms with Gasteiger partial charge in [-0.3, -0.25) is 0 Å². The van der Waals surface area contributed by atoms with Crippen molar-refractivity contribution in [2.75, 3.05) is 20.8 Å². The van der Waals surface area contributed by atoms with E-state index in [0.717, 1.165) is 0 Å². The highest BCUT2D eigenvalue weighted by Crippen LogP contribution is 1.28. The number of carbonyl (C=O) groups is 1. The largest absolute Gasteiger partial charge is 0.389 e. The lowest BCUT2D eigenvalue weighted by Crippen LogP contribution is -1.75. The molecule has 3 heteroatoms. The quantitative estimate of drug-likeness (QED) is 0.413. The summed E-state index contributed by atoms with van der Waals surface area (Å²) in [5.41, 5.74) is 0. The van der Waals surface area contributed by atoms with Crippen LogP contribution in [-0.4, -0.2) is 32.2 Å². The Balaban J connectivity index is -0.0000000646. The first kappa shape index (κ1) is 15.8. The molecular weight excluding hydrogens is 120 g/mol. The number of hydrogen-bond donors (Lipinski definition) is 1. The van der Waals surface area contributed by atoms with Crippen LogP contribution in [0.15, 0.2) is 13.2 Å². The Kier molecular flexibility index (Phi) is 94.7. The van der Waals surface area contributed by atoms with E-state index in [2.05, 4.69) is 17.9 Å². The molecule has 0 aliphatic carbocycles. The average molecular weight is 134 g/mol. The van der Waals surface area contributed by atoms with E-state index in [9.17, 15) is 0 Å². The normalized spacial score (nSPS) is 5.22. The zero-order valence-corrected chi connectivity index (χ0v) is 5.96. The van der Waals surface area contributed by atoms with E-state index in [-0.39, 0.29) is 6.61 Å². The van der Waals surface area contributed by atoms with Gasteiger partial charge >= 0.3 is 0 Å². The molecule has 0 radical (unpaired) electrons. The third-order valence-electron chi connectivity index (χ3n) is 0.0745. The summed E-state index contributed by atoms with van der Waals surface area (Å²) >= 11 is 0. The Morgan fingerprint density at radius 3 is 1.67 bits per heavy atom. The van der Waals surface area contributed by atoms with Crippen LogP contribution in [0.4, 0.5) is 0 Å². The molecule has 0 bridgehead atoms. The predicted molar refractivity (Wildman–Crippen MR) is 37.3 cm³/mol. The van der Waals surface area contributed by atoms with Crippen molar-refractivity contribution in [3.8, 4) is 0 Å². The summed E-state index contributed by atoms with van der Waals surface area (Å²) in [6.07, 6.45) is 0.431. The molecule has 9 heavy (non-hydrogen) atoms. The van der Waals surface area contributed by atoms with Crippen LogP contribution in [0.25, 0.3) is 0 Å². The van der Waals surface area contributed by atoms with E-state index < -0.39 is 0 Å². The van der Waals surface area contributed by atoms with Crippen molar-refractivity contribution in [2.24, 2.45) is 0 Å². The number of rotatable bonds is 1. The Hall–Kier alpha value is -0.670. The van der Waals surface area contributed by atoms with Gasteiger partial charge in [-0.2, -0.15) is 0 Å². The van der Waals surface area contributed by atoms with Crippen molar-refractivity contribution in [1.82, 2.24) is 0 Å².